The lowest BCUT2D eigenvalue weighted by atomic mass is 10.1. The molecule has 0 spiro atoms. The van der Waals surface area contributed by atoms with Gasteiger partial charge in [0.1, 0.15) is 12.4 Å². The van der Waals surface area contributed by atoms with Gasteiger partial charge in [-0.2, -0.15) is 0 Å². The number of halogens is 1. The number of nitrogens with one attached hydrogen (secondary N) is 2. The maximum absolute atomic E-state index is 4.83. The van der Waals surface area contributed by atoms with E-state index < -0.39 is 0 Å². The van der Waals surface area contributed by atoms with Gasteiger partial charge in [-0.25, -0.2) is 4.99 Å². The van der Waals surface area contributed by atoms with E-state index in [-0.39, 0.29) is 30.0 Å². The summed E-state index contributed by atoms with van der Waals surface area (Å²) in [6.07, 6.45) is 2.52. The maximum Gasteiger partial charge on any atom is 0.192 e. The van der Waals surface area contributed by atoms with Crippen LogP contribution in [0.1, 0.15) is 56.9 Å². The van der Waals surface area contributed by atoms with Gasteiger partial charge >= 0.3 is 0 Å². The summed E-state index contributed by atoms with van der Waals surface area (Å²) in [4.78, 5) is 7.45. The Labute approximate surface area is 204 Å². The van der Waals surface area contributed by atoms with E-state index in [1.807, 2.05) is 24.6 Å². The molecule has 7 nitrogen and oxygen atoms in total. The molecule has 172 valence electrons. The number of hydrogen-bond acceptors (Lipinski definition) is 4. The third kappa shape index (κ3) is 7.45. The predicted octanol–water partition coefficient (Wildman–Crippen LogP) is 3.66. The van der Waals surface area contributed by atoms with Gasteiger partial charge in [0, 0.05) is 26.2 Å². The number of aromatic nitrogens is 3. The van der Waals surface area contributed by atoms with Crippen LogP contribution in [0.25, 0.3) is 0 Å². The van der Waals surface area contributed by atoms with Gasteiger partial charge in [0.25, 0.3) is 0 Å². The summed E-state index contributed by atoms with van der Waals surface area (Å²) in [5.74, 6) is 3.27. The fraction of sp³-hybridized carbons (Fsp3) is 0.609. The average Bonchev–Trinajstić information content (AvgIpc) is 3.30. The maximum atomic E-state index is 4.83. The van der Waals surface area contributed by atoms with E-state index in [0.29, 0.717) is 18.5 Å². The molecular weight excluding hydrogens is 501 g/mol. The quantitative estimate of drug-likeness (QED) is 0.305. The molecule has 2 heterocycles. The first-order valence-corrected chi connectivity index (χ1v) is 11.1. The molecule has 2 atom stereocenters. The van der Waals surface area contributed by atoms with E-state index in [1.54, 1.807) is 0 Å². The molecule has 1 unspecified atom stereocenters. The molecule has 8 heteroatoms. The molecule has 0 saturated carbocycles. The van der Waals surface area contributed by atoms with Crippen molar-refractivity contribution in [1.29, 1.82) is 0 Å². The third-order valence-corrected chi connectivity index (χ3v) is 5.82. The monoisotopic (exact) mass is 539 g/mol. The molecule has 0 radical (unpaired) electrons. The highest BCUT2D eigenvalue weighted by Crippen LogP contribution is 2.18. The number of hydrogen-bond donors (Lipinski definition) is 2. The Morgan fingerprint density at radius 1 is 1.19 bits per heavy atom. The van der Waals surface area contributed by atoms with Crippen molar-refractivity contribution in [2.24, 2.45) is 18.0 Å². The normalized spacial score (nSPS) is 18.1. The van der Waals surface area contributed by atoms with Crippen molar-refractivity contribution < 1.29 is 0 Å². The largest absolute Gasteiger partial charge is 0.355 e. The fourth-order valence-corrected chi connectivity index (χ4v) is 3.97. The zero-order valence-electron chi connectivity index (χ0n) is 19.5. The molecule has 1 aromatic carbocycles. The van der Waals surface area contributed by atoms with Gasteiger partial charge < -0.3 is 15.2 Å². The summed E-state index contributed by atoms with van der Waals surface area (Å²) in [7, 11) is 1.98. The second kappa shape index (κ2) is 12.4. The first-order valence-electron chi connectivity index (χ1n) is 11.1. The van der Waals surface area contributed by atoms with E-state index >= 15 is 0 Å². The van der Waals surface area contributed by atoms with Crippen molar-refractivity contribution in [3.05, 3.63) is 47.5 Å². The topological polar surface area (TPSA) is 70.4 Å². The van der Waals surface area contributed by atoms with E-state index in [4.69, 9.17) is 4.99 Å². The molecule has 2 aromatic rings. The van der Waals surface area contributed by atoms with E-state index in [0.717, 1.165) is 30.7 Å². The molecule has 1 aliphatic rings. The van der Waals surface area contributed by atoms with Crippen molar-refractivity contribution in [2.75, 3.05) is 19.6 Å². The van der Waals surface area contributed by atoms with Gasteiger partial charge in [0.15, 0.2) is 11.8 Å². The van der Waals surface area contributed by atoms with Gasteiger partial charge in [0.2, 0.25) is 0 Å². The zero-order chi connectivity index (χ0) is 21.5. The Bertz CT molecular complexity index is 819. The predicted molar refractivity (Wildman–Crippen MR) is 138 cm³/mol. The summed E-state index contributed by atoms with van der Waals surface area (Å²) >= 11 is 0. The molecule has 1 aliphatic heterocycles. The summed E-state index contributed by atoms with van der Waals surface area (Å²) in [6.45, 7) is 12.5. The van der Waals surface area contributed by atoms with Gasteiger partial charge in [0.05, 0.1) is 6.04 Å². The summed E-state index contributed by atoms with van der Waals surface area (Å²) in [6, 6.07) is 11.2. The van der Waals surface area contributed by atoms with Crippen molar-refractivity contribution >= 4 is 29.9 Å². The van der Waals surface area contributed by atoms with Crippen LogP contribution in [0.5, 0.6) is 0 Å². The van der Waals surface area contributed by atoms with Crippen LogP contribution in [0, 0.1) is 12.8 Å². The Morgan fingerprint density at radius 2 is 1.94 bits per heavy atom. The first kappa shape index (κ1) is 25.6. The number of aryl methyl sites for hydroxylation is 1. The van der Waals surface area contributed by atoms with Gasteiger partial charge in [-0.3, -0.25) is 4.90 Å². The molecule has 0 bridgehead atoms. The van der Waals surface area contributed by atoms with E-state index in [9.17, 15) is 0 Å². The molecule has 2 N–H and O–H groups in total. The van der Waals surface area contributed by atoms with Crippen LogP contribution in [-0.4, -0.2) is 51.3 Å². The zero-order valence-corrected chi connectivity index (χ0v) is 21.8. The lowest BCUT2D eigenvalue weighted by Gasteiger charge is -2.27. The second-order valence-corrected chi connectivity index (χ2v) is 8.73. The Kier molecular flexibility index (Phi) is 10.2. The smallest absolute Gasteiger partial charge is 0.192 e. The van der Waals surface area contributed by atoms with Gasteiger partial charge in [-0.05, 0) is 44.7 Å². The van der Waals surface area contributed by atoms with Crippen LogP contribution in [0.3, 0.4) is 0 Å². The van der Waals surface area contributed by atoms with Crippen LogP contribution in [0.4, 0.5) is 0 Å². The van der Waals surface area contributed by atoms with Crippen LogP contribution >= 0.6 is 24.0 Å². The van der Waals surface area contributed by atoms with E-state index in [2.05, 4.69) is 70.8 Å². The molecule has 0 amide bonds. The molecule has 1 aromatic heterocycles. The summed E-state index contributed by atoms with van der Waals surface area (Å²) in [5.41, 5.74) is 1.24. The highest BCUT2D eigenvalue weighted by Gasteiger charge is 2.25. The van der Waals surface area contributed by atoms with Gasteiger partial charge in [-0.15, -0.1) is 34.2 Å². The van der Waals surface area contributed by atoms with Crippen LogP contribution in [0.2, 0.25) is 0 Å². The highest BCUT2D eigenvalue weighted by atomic mass is 127. The highest BCUT2D eigenvalue weighted by molar-refractivity contribution is 14.0. The minimum atomic E-state index is 0. The molecule has 3 rings (SSSR count). The molecular formula is C23H38IN7. The van der Waals surface area contributed by atoms with Crippen molar-refractivity contribution in [3.63, 3.8) is 0 Å². The Balaban J connectivity index is 0.00000341. The van der Waals surface area contributed by atoms with Crippen molar-refractivity contribution in [2.45, 2.75) is 59.2 Å². The van der Waals surface area contributed by atoms with E-state index in [1.165, 1.54) is 24.9 Å². The van der Waals surface area contributed by atoms with Crippen LogP contribution < -0.4 is 10.6 Å². The first-order chi connectivity index (χ1) is 14.4. The van der Waals surface area contributed by atoms with Crippen molar-refractivity contribution in [3.8, 4) is 0 Å². The second-order valence-electron chi connectivity index (χ2n) is 8.73. The van der Waals surface area contributed by atoms with Crippen LogP contribution in [0.15, 0.2) is 35.3 Å². The Morgan fingerprint density at radius 3 is 2.58 bits per heavy atom. The minimum Gasteiger partial charge on any atom is -0.355 e. The summed E-state index contributed by atoms with van der Waals surface area (Å²) < 4.78 is 1.99. The third-order valence-electron chi connectivity index (χ3n) is 5.82. The number of benzene rings is 1. The minimum absolute atomic E-state index is 0. The fourth-order valence-electron chi connectivity index (χ4n) is 3.97. The van der Waals surface area contributed by atoms with Crippen molar-refractivity contribution in [1.82, 2.24) is 30.3 Å². The van der Waals surface area contributed by atoms with Crippen LogP contribution in [-0.2, 0) is 13.6 Å². The lowest BCUT2D eigenvalue weighted by Crippen LogP contribution is -2.46. The molecule has 0 aliphatic carbocycles. The lowest BCUT2D eigenvalue weighted by molar-refractivity contribution is 0.226. The number of rotatable bonds is 8. The molecule has 1 saturated heterocycles. The number of guanidine groups is 1. The summed E-state index contributed by atoms with van der Waals surface area (Å²) in [5, 5.41) is 15.6. The SMILES string of the molecule is Cc1nnc(CN=C(NC[C@H]2CCCN2CC(C)C)NC(C)c2ccccc2)n1C.I. The number of likely N-dealkylation sites (tertiary alicyclic amines) is 1. The molecule has 31 heavy (non-hydrogen) atoms. The number of aliphatic imine (C=N–C) groups is 1. The Hall–Kier alpha value is -1.68. The molecule has 1 fully saturated rings. The average molecular weight is 540 g/mol. The number of nitrogens with zero attached hydrogens (tertiary/aromatic N) is 5. The van der Waals surface area contributed by atoms with Gasteiger partial charge in [-0.1, -0.05) is 44.2 Å². The standard InChI is InChI=1S/C23H37N7.HI/c1-17(2)16-30-13-9-12-21(30)14-24-23(25-15-22-28-27-19(4)29(22)5)26-18(3)20-10-7-6-8-11-20;/h6-8,10-11,17-18,21H,9,12-16H2,1-5H3,(H2,24,25,26);1H/t18?,21-;/m1./s1.